The van der Waals surface area contributed by atoms with E-state index in [2.05, 4.69) is 15.6 Å². The summed E-state index contributed by atoms with van der Waals surface area (Å²) in [6.07, 6.45) is -3.99. The number of carbonyl (C=O) groups is 3. The normalized spacial score (nSPS) is 15.0. The van der Waals surface area contributed by atoms with Crippen molar-refractivity contribution in [1.29, 1.82) is 0 Å². The number of carbonyl (C=O) groups excluding carboxylic acids is 2. The molecule has 1 aromatic heterocycles. The van der Waals surface area contributed by atoms with E-state index in [-0.39, 0.29) is 24.1 Å². The molecule has 5 rings (SSSR count). The maximum atomic E-state index is 13.5. The van der Waals surface area contributed by atoms with E-state index in [9.17, 15) is 22.8 Å². The van der Waals surface area contributed by atoms with E-state index in [1.807, 2.05) is 74.5 Å². The summed E-state index contributed by atoms with van der Waals surface area (Å²) in [6.45, 7) is 6.73. The van der Waals surface area contributed by atoms with Crippen molar-refractivity contribution in [3.05, 3.63) is 88.5 Å². The van der Waals surface area contributed by atoms with Crippen molar-refractivity contribution in [3.63, 3.8) is 0 Å². The number of benzene rings is 3. The molecular formula is C32H32F3N3O6. The minimum atomic E-state index is -5.08. The third-order valence-corrected chi connectivity index (χ3v) is 7.15. The van der Waals surface area contributed by atoms with E-state index >= 15 is 0 Å². The average molecular weight is 612 g/mol. The number of rotatable bonds is 8. The number of Topliss-reactive ketones (excluding diaryl/α,β-unsaturated/α-hetero) is 1. The van der Waals surface area contributed by atoms with E-state index < -0.39 is 18.2 Å². The Kier molecular flexibility index (Phi) is 10.0. The number of para-hydroxylation sites is 1. The van der Waals surface area contributed by atoms with Crippen LogP contribution in [0, 0.1) is 6.92 Å². The van der Waals surface area contributed by atoms with Crippen LogP contribution in [0.25, 0.3) is 11.1 Å². The van der Waals surface area contributed by atoms with Crippen molar-refractivity contribution in [1.82, 2.24) is 10.3 Å². The van der Waals surface area contributed by atoms with Gasteiger partial charge in [-0.25, -0.2) is 4.79 Å². The number of aliphatic carboxylic acids is 1. The fourth-order valence-electron chi connectivity index (χ4n) is 4.79. The molecule has 0 bridgehead atoms. The molecule has 44 heavy (non-hydrogen) atoms. The number of halogens is 3. The number of oxazole rings is 1. The summed E-state index contributed by atoms with van der Waals surface area (Å²) in [5.74, 6) is -3.34. The number of nitrogens with zero attached hydrogens (tertiary/aromatic N) is 1. The van der Waals surface area contributed by atoms with Crippen LogP contribution in [-0.4, -0.2) is 47.1 Å². The van der Waals surface area contributed by atoms with Gasteiger partial charge in [-0.15, -0.1) is 0 Å². The molecule has 0 saturated carbocycles. The summed E-state index contributed by atoms with van der Waals surface area (Å²) >= 11 is 0. The Balaban J connectivity index is 0.000000566. The fourth-order valence-corrected chi connectivity index (χ4v) is 4.79. The van der Waals surface area contributed by atoms with Crippen molar-refractivity contribution < 1.29 is 41.8 Å². The number of nitrogens with one attached hydrogen (secondary N) is 2. The number of ketones is 1. The Bertz CT molecular complexity index is 1670. The summed E-state index contributed by atoms with van der Waals surface area (Å²) < 4.78 is 42.9. The quantitative estimate of drug-likeness (QED) is 0.200. The average Bonchev–Trinajstić information content (AvgIpc) is 3.39. The van der Waals surface area contributed by atoms with Crippen LogP contribution < -0.4 is 10.6 Å². The fraction of sp³-hybridized carbons (Fsp3) is 0.312. The number of alkyl halides is 3. The lowest BCUT2D eigenvalue weighted by atomic mass is 9.86. The van der Waals surface area contributed by atoms with Crippen LogP contribution >= 0.6 is 0 Å². The summed E-state index contributed by atoms with van der Waals surface area (Å²) in [6, 6.07) is 19.6. The van der Waals surface area contributed by atoms with Crippen molar-refractivity contribution in [2.45, 2.75) is 51.7 Å². The molecule has 0 amide bonds. The molecule has 4 aromatic rings. The molecule has 2 unspecified atom stereocenters. The number of aryl methyl sites for hydroxylation is 1. The van der Waals surface area contributed by atoms with Crippen LogP contribution in [0.2, 0.25) is 0 Å². The van der Waals surface area contributed by atoms with Gasteiger partial charge < -0.3 is 24.9 Å². The molecule has 9 nitrogen and oxygen atoms in total. The van der Waals surface area contributed by atoms with E-state index in [1.165, 1.54) is 0 Å². The molecule has 0 saturated heterocycles. The number of carboxylic acids is 1. The first-order valence-corrected chi connectivity index (χ1v) is 13.9. The van der Waals surface area contributed by atoms with Gasteiger partial charge in [0.15, 0.2) is 11.4 Å². The minimum absolute atomic E-state index is 0.0685. The van der Waals surface area contributed by atoms with Crippen LogP contribution in [0.4, 0.5) is 24.9 Å². The molecule has 1 aliphatic heterocycles. The molecule has 3 N–H and O–H groups in total. The number of ether oxygens (including phenoxy) is 1. The summed E-state index contributed by atoms with van der Waals surface area (Å²) in [5.41, 5.74) is 7.18. The second kappa shape index (κ2) is 13.7. The third-order valence-electron chi connectivity index (χ3n) is 7.15. The third kappa shape index (κ3) is 7.81. The minimum Gasteiger partial charge on any atom is -0.475 e. The highest BCUT2D eigenvalue weighted by atomic mass is 19.4. The van der Waals surface area contributed by atoms with Crippen molar-refractivity contribution >= 4 is 40.5 Å². The standard InChI is InChI=1S/C30H31N3O4.C2HF3O2/c1-4-36-29(35)19(3)22-11-10-21-13-14-31-28(23(21)17-22)26(34)15-20-9-12-25-27(16-20)37-30(33-25)32-24-8-6-5-7-18(24)2;3-2(4,5)1(6)7/h5-12,16-17,19,28,31H,4,13-15H2,1-3H3,(H,32,33);(H,6,7). The van der Waals surface area contributed by atoms with Gasteiger partial charge in [-0.05, 0) is 73.2 Å². The number of esters is 1. The second-order valence-corrected chi connectivity index (χ2v) is 10.3. The Hall–Kier alpha value is -4.71. The highest BCUT2D eigenvalue weighted by molar-refractivity contribution is 5.89. The molecule has 3 aromatic carbocycles. The first-order chi connectivity index (χ1) is 20.9. The van der Waals surface area contributed by atoms with Crippen molar-refractivity contribution in [2.24, 2.45) is 0 Å². The van der Waals surface area contributed by atoms with Gasteiger partial charge in [0.2, 0.25) is 0 Å². The molecule has 0 aliphatic carbocycles. The molecule has 2 atom stereocenters. The van der Waals surface area contributed by atoms with Gasteiger partial charge in [0.25, 0.3) is 6.01 Å². The zero-order chi connectivity index (χ0) is 32.0. The Morgan fingerprint density at radius 2 is 1.86 bits per heavy atom. The Morgan fingerprint density at radius 1 is 1.14 bits per heavy atom. The topological polar surface area (TPSA) is 131 Å². The number of aromatic nitrogens is 1. The first-order valence-electron chi connectivity index (χ1n) is 13.9. The molecule has 1 aliphatic rings. The van der Waals surface area contributed by atoms with Crippen LogP contribution in [0.15, 0.2) is 65.1 Å². The summed E-state index contributed by atoms with van der Waals surface area (Å²) in [5, 5.41) is 13.7. The van der Waals surface area contributed by atoms with Crippen LogP contribution in [-0.2, 0) is 32.0 Å². The van der Waals surface area contributed by atoms with Crippen LogP contribution in [0.3, 0.4) is 0 Å². The van der Waals surface area contributed by atoms with Gasteiger partial charge in [0.05, 0.1) is 18.6 Å². The van der Waals surface area contributed by atoms with Gasteiger partial charge >= 0.3 is 18.1 Å². The highest BCUT2D eigenvalue weighted by Crippen LogP contribution is 2.30. The lowest BCUT2D eigenvalue weighted by Crippen LogP contribution is -2.36. The second-order valence-electron chi connectivity index (χ2n) is 10.3. The predicted molar refractivity (Wildman–Crippen MR) is 157 cm³/mol. The van der Waals surface area contributed by atoms with E-state index in [4.69, 9.17) is 19.1 Å². The lowest BCUT2D eigenvalue weighted by Gasteiger charge is -2.27. The van der Waals surface area contributed by atoms with Gasteiger partial charge in [-0.3, -0.25) is 9.59 Å². The molecule has 12 heteroatoms. The molecular weight excluding hydrogens is 579 g/mol. The molecule has 232 valence electrons. The summed E-state index contributed by atoms with van der Waals surface area (Å²) in [4.78, 5) is 39.2. The first kappa shape index (κ1) is 32.2. The smallest absolute Gasteiger partial charge is 0.475 e. The molecule has 0 radical (unpaired) electrons. The van der Waals surface area contributed by atoms with Crippen molar-refractivity contribution in [2.75, 3.05) is 18.5 Å². The van der Waals surface area contributed by atoms with E-state index in [0.29, 0.717) is 18.2 Å². The number of fused-ring (bicyclic) bond motifs is 2. The van der Waals surface area contributed by atoms with Gasteiger partial charge in [-0.2, -0.15) is 18.2 Å². The molecule has 0 fully saturated rings. The zero-order valence-corrected chi connectivity index (χ0v) is 24.3. The maximum Gasteiger partial charge on any atom is 0.490 e. The monoisotopic (exact) mass is 611 g/mol. The number of hydrogen-bond acceptors (Lipinski definition) is 8. The van der Waals surface area contributed by atoms with Crippen molar-refractivity contribution in [3.8, 4) is 0 Å². The SMILES string of the molecule is CCOC(=O)C(C)c1ccc2c(c1)C(C(=O)Cc1ccc3nc(Nc4ccccc4C)oc3c1)NCC2.O=C(O)C(F)(F)F. The number of carboxylic acid groups (broad SMARTS) is 1. The van der Waals surface area contributed by atoms with Gasteiger partial charge in [0.1, 0.15) is 5.52 Å². The Morgan fingerprint density at radius 3 is 2.55 bits per heavy atom. The largest absolute Gasteiger partial charge is 0.490 e. The predicted octanol–water partition coefficient (Wildman–Crippen LogP) is 6.18. The van der Waals surface area contributed by atoms with E-state index in [1.54, 1.807) is 6.92 Å². The van der Waals surface area contributed by atoms with Crippen LogP contribution in [0.1, 0.15) is 53.6 Å². The summed E-state index contributed by atoms with van der Waals surface area (Å²) in [7, 11) is 0. The highest BCUT2D eigenvalue weighted by Gasteiger charge is 2.38. The maximum absolute atomic E-state index is 13.5. The lowest BCUT2D eigenvalue weighted by molar-refractivity contribution is -0.192. The van der Waals surface area contributed by atoms with Gasteiger partial charge in [-0.1, -0.05) is 42.5 Å². The number of anilines is 2. The van der Waals surface area contributed by atoms with Crippen LogP contribution in [0.5, 0.6) is 0 Å². The molecule has 2 heterocycles. The van der Waals surface area contributed by atoms with Gasteiger partial charge in [0, 0.05) is 18.7 Å². The zero-order valence-electron chi connectivity index (χ0n) is 24.3. The molecule has 0 spiro atoms. The van der Waals surface area contributed by atoms with E-state index in [0.717, 1.165) is 52.0 Å². The number of hydrogen-bond donors (Lipinski definition) is 3. The Labute approximate surface area is 251 Å².